The highest BCUT2D eigenvalue weighted by Gasteiger charge is 2.03. The number of thiophene rings is 1. The summed E-state index contributed by atoms with van der Waals surface area (Å²) >= 11 is 3.47. The third-order valence-corrected chi connectivity index (χ3v) is 4.69. The van der Waals surface area contributed by atoms with E-state index in [0.717, 1.165) is 24.1 Å². The Balaban J connectivity index is 1.94. The first-order chi connectivity index (χ1) is 9.69. The molecule has 0 aromatic carbocycles. The van der Waals surface area contributed by atoms with Gasteiger partial charge in [-0.2, -0.15) is 0 Å². The van der Waals surface area contributed by atoms with Gasteiger partial charge in [0.2, 0.25) is 0 Å². The van der Waals surface area contributed by atoms with Crippen molar-refractivity contribution >= 4 is 28.6 Å². The number of nitrogens with zero attached hydrogens (tertiary/aromatic N) is 2. The minimum absolute atomic E-state index is 0.716. The molecule has 0 aliphatic carbocycles. The van der Waals surface area contributed by atoms with Crippen LogP contribution in [-0.2, 0) is 13.1 Å². The van der Waals surface area contributed by atoms with E-state index in [0.29, 0.717) is 6.54 Å². The van der Waals surface area contributed by atoms with Gasteiger partial charge in [-0.05, 0) is 37.8 Å². The van der Waals surface area contributed by atoms with E-state index in [-0.39, 0.29) is 0 Å². The van der Waals surface area contributed by atoms with Crippen LogP contribution in [0.5, 0.6) is 0 Å². The van der Waals surface area contributed by atoms with Crippen molar-refractivity contribution in [3.8, 4) is 0 Å². The molecule has 0 radical (unpaired) electrons. The van der Waals surface area contributed by atoms with E-state index < -0.39 is 0 Å². The molecule has 0 fully saturated rings. The van der Waals surface area contributed by atoms with Gasteiger partial charge in [-0.3, -0.25) is 0 Å². The molecule has 0 saturated carbocycles. The molecule has 20 heavy (non-hydrogen) atoms. The van der Waals surface area contributed by atoms with Crippen LogP contribution in [0.2, 0.25) is 0 Å². The number of nitrogens with one attached hydrogen (secondary N) is 2. The van der Waals surface area contributed by atoms with Gasteiger partial charge in [0.25, 0.3) is 0 Å². The number of aliphatic imine (C=N–C) groups is 1. The van der Waals surface area contributed by atoms with Crippen LogP contribution in [-0.4, -0.2) is 17.5 Å². The predicted molar refractivity (Wildman–Crippen MR) is 87.6 cm³/mol. The number of hydrogen-bond donors (Lipinski definition) is 2. The van der Waals surface area contributed by atoms with Crippen molar-refractivity contribution < 1.29 is 0 Å². The zero-order valence-electron chi connectivity index (χ0n) is 12.1. The van der Waals surface area contributed by atoms with Crippen molar-refractivity contribution in [2.75, 3.05) is 6.54 Å². The highest BCUT2D eigenvalue weighted by molar-refractivity contribution is 7.11. The maximum Gasteiger partial charge on any atom is 0.191 e. The monoisotopic (exact) mass is 308 g/mol. The molecule has 4 nitrogen and oxygen atoms in total. The van der Waals surface area contributed by atoms with Gasteiger partial charge in [0, 0.05) is 22.5 Å². The summed E-state index contributed by atoms with van der Waals surface area (Å²) in [6, 6.07) is 2.13. The summed E-state index contributed by atoms with van der Waals surface area (Å²) < 4.78 is 0. The molecule has 2 aromatic heterocycles. The summed E-state index contributed by atoms with van der Waals surface area (Å²) in [5.41, 5.74) is 1.31. The van der Waals surface area contributed by atoms with Crippen molar-refractivity contribution in [2.24, 2.45) is 4.99 Å². The number of aryl methyl sites for hydroxylation is 2. The van der Waals surface area contributed by atoms with Crippen LogP contribution in [0.1, 0.15) is 27.2 Å². The molecule has 0 unspecified atom stereocenters. The third kappa shape index (κ3) is 4.31. The lowest BCUT2D eigenvalue weighted by atomic mass is 10.3. The first-order valence-corrected chi connectivity index (χ1v) is 8.35. The highest BCUT2D eigenvalue weighted by atomic mass is 32.1. The topological polar surface area (TPSA) is 49.3 Å². The first kappa shape index (κ1) is 15.0. The molecule has 2 aromatic rings. The van der Waals surface area contributed by atoms with Gasteiger partial charge in [0.05, 0.1) is 13.1 Å². The van der Waals surface area contributed by atoms with Crippen LogP contribution in [0.15, 0.2) is 22.6 Å². The Bertz CT molecular complexity index is 571. The Labute approximate surface area is 128 Å². The number of aromatic nitrogens is 1. The van der Waals surface area contributed by atoms with E-state index in [2.05, 4.69) is 52.8 Å². The van der Waals surface area contributed by atoms with Crippen molar-refractivity contribution in [1.82, 2.24) is 15.6 Å². The average Bonchev–Trinajstić information content (AvgIpc) is 3.02. The van der Waals surface area contributed by atoms with E-state index >= 15 is 0 Å². The average molecular weight is 308 g/mol. The van der Waals surface area contributed by atoms with E-state index in [1.807, 2.05) is 6.20 Å². The third-order valence-electron chi connectivity index (χ3n) is 2.77. The van der Waals surface area contributed by atoms with Gasteiger partial charge in [-0.15, -0.1) is 22.7 Å². The number of hydrogen-bond acceptors (Lipinski definition) is 4. The molecule has 0 atom stereocenters. The largest absolute Gasteiger partial charge is 0.357 e. The van der Waals surface area contributed by atoms with Crippen molar-refractivity contribution in [3.63, 3.8) is 0 Å². The van der Waals surface area contributed by atoms with Crippen LogP contribution in [0.3, 0.4) is 0 Å². The Morgan fingerprint density at radius 3 is 2.80 bits per heavy atom. The van der Waals surface area contributed by atoms with Gasteiger partial charge in [-0.25, -0.2) is 9.98 Å². The molecule has 0 bridgehead atoms. The summed E-state index contributed by atoms with van der Waals surface area (Å²) in [4.78, 5) is 11.5. The van der Waals surface area contributed by atoms with Crippen LogP contribution in [0.25, 0.3) is 0 Å². The lowest BCUT2D eigenvalue weighted by molar-refractivity contribution is 0.812. The molecule has 0 aliphatic heterocycles. The van der Waals surface area contributed by atoms with E-state index in [4.69, 9.17) is 0 Å². The normalized spacial score (nSPS) is 11.7. The number of rotatable bonds is 5. The molecule has 0 amide bonds. The van der Waals surface area contributed by atoms with Gasteiger partial charge in [-0.1, -0.05) is 0 Å². The van der Waals surface area contributed by atoms with E-state index in [1.165, 1.54) is 15.3 Å². The second kappa shape index (κ2) is 7.40. The summed E-state index contributed by atoms with van der Waals surface area (Å²) in [7, 11) is 0. The summed E-state index contributed by atoms with van der Waals surface area (Å²) in [6.07, 6.45) is 1.90. The van der Waals surface area contributed by atoms with Gasteiger partial charge >= 0.3 is 0 Å². The van der Waals surface area contributed by atoms with E-state index in [9.17, 15) is 0 Å². The molecule has 0 spiro atoms. The standard InChI is InChI=1S/C14H20N4S2/c1-4-15-14(17-8-12-10(2)5-6-19-12)18-9-13-16-7-11(3)20-13/h5-7H,4,8-9H2,1-3H3,(H2,15,17,18). The van der Waals surface area contributed by atoms with Gasteiger partial charge in [0.15, 0.2) is 5.96 Å². The quantitative estimate of drug-likeness (QED) is 0.659. The summed E-state index contributed by atoms with van der Waals surface area (Å²) in [6.45, 7) is 8.55. The first-order valence-electron chi connectivity index (χ1n) is 6.65. The zero-order chi connectivity index (χ0) is 14.4. The maximum absolute atomic E-state index is 4.62. The van der Waals surface area contributed by atoms with Crippen molar-refractivity contribution in [1.29, 1.82) is 0 Å². The fraction of sp³-hybridized carbons (Fsp3) is 0.429. The SMILES string of the molecule is CCNC(=NCc1sccc1C)NCc1ncc(C)s1. The molecular formula is C14H20N4S2. The van der Waals surface area contributed by atoms with Crippen LogP contribution < -0.4 is 10.6 Å². The Hall–Kier alpha value is -1.40. The maximum atomic E-state index is 4.62. The highest BCUT2D eigenvalue weighted by Crippen LogP contribution is 2.16. The minimum Gasteiger partial charge on any atom is -0.357 e. The van der Waals surface area contributed by atoms with E-state index in [1.54, 1.807) is 22.7 Å². The predicted octanol–water partition coefficient (Wildman–Crippen LogP) is 3.08. The molecule has 6 heteroatoms. The Morgan fingerprint density at radius 2 is 2.20 bits per heavy atom. The second-order valence-corrected chi connectivity index (χ2v) is 6.76. The van der Waals surface area contributed by atoms with Crippen molar-refractivity contribution in [2.45, 2.75) is 33.9 Å². The lowest BCUT2D eigenvalue weighted by Crippen LogP contribution is -2.36. The molecule has 0 saturated heterocycles. The van der Waals surface area contributed by atoms with Gasteiger partial charge in [0.1, 0.15) is 5.01 Å². The van der Waals surface area contributed by atoms with Crippen LogP contribution >= 0.6 is 22.7 Å². The molecule has 2 N–H and O–H groups in total. The fourth-order valence-corrected chi connectivity index (χ4v) is 3.26. The van der Waals surface area contributed by atoms with Crippen LogP contribution in [0, 0.1) is 13.8 Å². The molecule has 2 rings (SSSR count). The Kier molecular flexibility index (Phi) is 5.55. The number of guanidine groups is 1. The molecule has 108 valence electrons. The summed E-state index contributed by atoms with van der Waals surface area (Å²) in [5, 5.41) is 9.78. The lowest BCUT2D eigenvalue weighted by Gasteiger charge is -2.09. The zero-order valence-corrected chi connectivity index (χ0v) is 13.7. The number of thiazole rings is 1. The Morgan fingerprint density at radius 1 is 1.35 bits per heavy atom. The van der Waals surface area contributed by atoms with Crippen molar-refractivity contribution in [3.05, 3.63) is 38.0 Å². The fourth-order valence-electron chi connectivity index (χ4n) is 1.70. The molecule has 0 aliphatic rings. The minimum atomic E-state index is 0.716. The molecule has 2 heterocycles. The second-order valence-electron chi connectivity index (χ2n) is 4.44. The summed E-state index contributed by atoms with van der Waals surface area (Å²) in [5.74, 6) is 0.841. The van der Waals surface area contributed by atoms with Crippen LogP contribution in [0.4, 0.5) is 0 Å². The molecular weight excluding hydrogens is 288 g/mol. The van der Waals surface area contributed by atoms with Gasteiger partial charge < -0.3 is 10.6 Å². The smallest absolute Gasteiger partial charge is 0.191 e.